The van der Waals surface area contributed by atoms with Crippen LogP contribution in [0.25, 0.3) is 0 Å². The number of nitro benzene ring substituents is 1. The number of benzene rings is 3. The zero-order chi connectivity index (χ0) is 18.5. The molecular weight excluding hydrogens is 337 g/mol. The normalized spacial score (nSPS) is 10.2. The zero-order valence-corrected chi connectivity index (χ0v) is 13.5. The molecule has 0 heterocycles. The van der Waals surface area contributed by atoms with Gasteiger partial charge < -0.3 is 5.32 Å². The number of amides is 2. The van der Waals surface area contributed by atoms with Crippen molar-refractivity contribution in [1.29, 1.82) is 0 Å². The summed E-state index contributed by atoms with van der Waals surface area (Å²) in [7, 11) is 0. The number of nitro groups is 1. The molecule has 0 fully saturated rings. The second-order valence-electron chi connectivity index (χ2n) is 5.36. The Morgan fingerprint density at radius 1 is 0.962 bits per heavy atom. The Morgan fingerprint density at radius 3 is 2.35 bits per heavy atom. The lowest BCUT2D eigenvalue weighted by Crippen LogP contribution is -2.31. The van der Waals surface area contributed by atoms with Crippen LogP contribution in [0.15, 0.2) is 78.9 Å². The minimum atomic E-state index is -0.642. The summed E-state index contributed by atoms with van der Waals surface area (Å²) in [6.45, 7) is 0. The third kappa shape index (κ3) is 3.67. The van der Waals surface area contributed by atoms with E-state index in [-0.39, 0.29) is 17.1 Å². The van der Waals surface area contributed by atoms with Gasteiger partial charge in [0.05, 0.1) is 10.6 Å². The number of nitrogens with zero attached hydrogens (tertiary/aromatic N) is 2. The van der Waals surface area contributed by atoms with Gasteiger partial charge in [-0.25, -0.2) is 9.18 Å². The average molecular weight is 351 g/mol. The van der Waals surface area contributed by atoms with Crippen LogP contribution >= 0.6 is 0 Å². The first-order valence-corrected chi connectivity index (χ1v) is 7.71. The van der Waals surface area contributed by atoms with Gasteiger partial charge in [0.1, 0.15) is 11.5 Å². The minimum absolute atomic E-state index is 0.109. The van der Waals surface area contributed by atoms with Crippen LogP contribution < -0.4 is 10.2 Å². The molecule has 0 spiro atoms. The van der Waals surface area contributed by atoms with Crippen LogP contribution in [0.1, 0.15) is 0 Å². The van der Waals surface area contributed by atoms with Gasteiger partial charge in [-0.2, -0.15) is 0 Å². The number of carbonyl (C=O) groups is 1. The van der Waals surface area contributed by atoms with Gasteiger partial charge in [0.25, 0.3) is 5.69 Å². The lowest BCUT2D eigenvalue weighted by molar-refractivity contribution is -0.384. The molecule has 0 saturated heterocycles. The number of rotatable bonds is 4. The van der Waals surface area contributed by atoms with Crippen molar-refractivity contribution in [3.05, 3.63) is 94.8 Å². The van der Waals surface area contributed by atoms with E-state index in [4.69, 9.17) is 0 Å². The van der Waals surface area contributed by atoms with Crippen LogP contribution in [-0.4, -0.2) is 11.0 Å². The molecule has 0 aromatic heterocycles. The van der Waals surface area contributed by atoms with Crippen LogP contribution in [-0.2, 0) is 0 Å². The summed E-state index contributed by atoms with van der Waals surface area (Å²) in [5, 5.41) is 14.0. The molecule has 0 saturated carbocycles. The molecule has 1 N–H and O–H groups in total. The third-order valence-corrected chi connectivity index (χ3v) is 3.61. The molecule has 0 aliphatic heterocycles. The van der Waals surface area contributed by atoms with Crippen LogP contribution in [0.2, 0.25) is 0 Å². The van der Waals surface area contributed by atoms with Crippen molar-refractivity contribution >= 4 is 28.8 Å². The summed E-state index contributed by atoms with van der Waals surface area (Å²) in [6, 6.07) is 19.2. The quantitative estimate of drug-likeness (QED) is 0.524. The molecule has 26 heavy (non-hydrogen) atoms. The van der Waals surface area contributed by atoms with Crippen molar-refractivity contribution in [2.45, 2.75) is 0 Å². The number of halogens is 1. The number of anilines is 3. The second kappa shape index (κ2) is 7.43. The van der Waals surface area contributed by atoms with E-state index in [1.807, 2.05) is 0 Å². The van der Waals surface area contributed by atoms with Gasteiger partial charge in [0.15, 0.2) is 0 Å². The van der Waals surface area contributed by atoms with E-state index in [2.05, 4.69) is 5.32 Å². The topological polar surface area (TPSA) is 75.5 Å². The molecule has 3 aromatic rings. The Kier molecular flexibility index (Phi) is 4.89. The first-order valence-electron chi connectivity index (χ1n) is 7.71. The molecule has 0 aliphatic rings. The highest BCUT2D eigenvalue weighted by molar-refractivity contribution is 6.08. The molecule has 130 valence electrons. The highest BCUT2D eigenvalue weighted by atomic mass is 19.1. The zero-order valence-electron chi connectivity index (χ0n) is 13.5. The summed E-state index contributed by atoms with van der Waals surface area (Å²) in [5.74, 6) is -0.500. The number of carbonyl (C=O) groups excluding carboxylic acids is 1. The predicted octanol–water partition coefficient (Wildman–Crippen LogP) is 5.10. The standard InChI is InChI=1S/C19H14FN3O3/c20-14-7-6-8-15(13-14)21-19(24)22(16-9-2-1-3-10-16)17-11-4-5-12-18(17)23(25)26/h1-13H,(H,21,24). The van der Waals surface area contributed by atoms with E-state index in [9.17, 15) is 19.3 Å². The maximum Gasteiger partial charge on any atom is 0.331 e. The second-order valence-corrected chi connectivity index (χ2v) is 5.36. The molecule has 6 nitrogen and oxygen atoms in total. The molecule has 0 atom stereocenters. The van der Waals surface area contributed by atoms with Crippen LogP contribution in [0.5, 0.6) is 0 Å². The summed E-state index contributed by atoms with van der Waals surface area (Å²) in [5.41, 5.74) is 0.577. The van der Waals surface area contributed by atoms with Gasteiger partial charge in [-0.3, -0.25) is 15.0 Å². The molecule has 0 aliphatic carbocycles. The fraction of sp³-hybridized carbons (Fsp3) is 0. The maximum atomic E-state index is 13.4. The Bertz CT molecular complexity index is 948. The Labute approximate surface area is 148 Å². The van der Waals surface area contributed by atoms with Crippen molar-refractivity contribution in [2.75, 3.05) is 10.2 Å². The van der Waals surface area contributed by atoms with Gasteiger partial charge in [-0.15, -0.1) is 0 Å². The maximum absolute atomic E-state index is 13.4. The molecular formula is C19H14FN3O3. The summed E-state index contributed by atoms with van der Waals surface area (Å²) in [6.07, 6.45) is 0. The number of para-hydroxylation sites is 3. The van der Waals surface area contributed by atoms with Gasteiger partial charge in [0.2, 0.25) is 0 Å². The Morgan fingerprint density at radius 2 is 1.65 bits per heavy atom. The predicted molar refractivity (Wildman–Crippen MR) is 97.1 cm³/mol. The van der Waals surface area contributed by atoms with Crippen molar-refractivity contribution in [1.82, 2.24) is 0 Å². The SMILES string of the molecule is O=C(Nc1cccc(F)c1)N(c1ccccc1)c1ccccc1[N+](=O)[O-]. The highest BCUT2D eigenvalue weighted by Gasteiger charge is 2.25. The van der Waals surface area contributed by atoms with E-state index in [0.29, 0.717) is 5.69 Å². The van der Waals surface area contributed by atoms with E-state index >= 15 is 0 Å². The summed E-state index contributed by atoms with van der Waals surface area (Å²) < 4.78 is 13.4. The summed E-state index contributed by atoms with van der Waals surface area (Å²) >= 11 is 0. The smallest absolute Gasteiger partial charge is 0.307 e. The number of hydrogen-bond acceptors (Lipinski definition) is 3. The van der Waals surface area contributed by atoms with Crippen LogP contribution in [0.3, 0.4) is 0 Å². The summed E-state index contributed by atoms with van der Waals surface area (Å²) in [4.78, 5) is 24.9. The Hall–Kier alpha value is -3.74. The third-order valence-electron chi connectivity index (χ3n) is 3.61. The monoisotopic (exact) mass is 351 g/mol. The molecule has 2 amide bonds. The van der Waals surface area contributed by atoms with Gasteiger partial charge in [-0.05, 0) is 36.4 Å². The molecule has 3 rings (SSSR count). The largest absolute Gasteiger partial charge is 0.331 e. The lowest BCUT2D eigenvalue weighted by atomic mass is 10.2. The molecule has 0 unspecified atom stereocenters. The molecule has 7 heteroatoms. The van der Waals surface area contributed by atoms with E-state index in [1.165, 1.54) is 47.4 Å². The fourth-order valence-electron chi connectivity index (χ4n) is 2.50. The van der Waals surface area contributed by atoms with E-state index < -0.39 is 16.8 Å². The van der Waals surface area contributed by atoms with Gasteiger partial charge >= 0.3 is 6.03 Å². The lowest BCUT2D eigenvalue weighted by Gasteiger charge is -2.23. The highest BCUT2D eigenvalue weighted by Crippen LogP contribution is 2.34. The van der Waals surface area contributed by atoms with E-state index in [0.717, 1.165) is 0 Å². The number of nitrogens with one attached hydrogen (secondary N) is 1. The average Bonchev–Trinajstić information content (AvgIpc) is 2.63. The minimum Gasteiger partial charge on any atom is -0.307 e. The van der Waals surface area contributed by atoms with Crippen molar-refractivity contribution in [2.24, 2.45) is 0 Å². The first kappa shape index (κ1) is 17.1. The first-order chi connectivity index (χ1) is 12.6. The van der Waals surface area contributed by atoms with Crippen LogP contribution in [0, 0.1) is 15.9 Å². The molecule has 0 radical (unpaired) electrons. The van der Waals surface area contributed by atoms with Gasteiger partial charge in [0, 0.05) is 11.8 Å². The van der Waals surface area contributed by atoms with Crippen molar-refractivity contribution < 1.29 is 14.1 Å². The van der Waals surface area contributed by atoms with Gasteiger partial charge in [-0.1, -0.05) is 36.4 Å². The molecule has 3 aromatic carbocycles. The Balaban J connectivity index is 2.05. The van der Waals surface area contributed by atoms with Crippen LogP contribution in [0.4, 0.5) is 31.9 Å². The number of urea groups is 1. The number of hydrogen-bond donors (Lipinski definition) is 1. The fourth-order valence-corrected chi connectivity index (χ4v) is 2.50. The van der Waals surface area contributed by atoms with E-state index in [1.54, 1.807) is 36.4 Å². The molecule has 0 bridgehead atoms. The van der Waals surface area contributed by atoms with Crippen molar-refractivity contribution in [3.63, 3.8) is 0 Å². The van der Waals surface area contributed by atoms with Crippen molar-refractivity contribution in [3.8, 4) is 0 Å².